The van der Waals surface area contributed by atoms with Crippen LogP contribution in [0.3, 0.4) is 0 Å². The highest BCUT2D eigenvalue weighted by Crippen LogP contribution is 2.20. The lowest BCUT2D eigenvalue weighted by molar-refractivity contribution is 0.0956. The number of nitrogens with one attached hydrogen (secondary N) is 1. The minimum absolute atomic E-state index is 0.215. The molecule has 0 fully saturated rings. The maximum atomic E-state index is 12.5. The highest BCUT2D eigenvalue weighted by Gasteiger charge is 2.12. The zero-order valence-corrected chi connectivity index (χ0v) is 13.8. The lowest BCUT2D eigenvalue weighted by Crippen LogP contribution is -2.17. The molecule has 4 heteroatoms. The van der Waals surface area contributed by atoms with Crippen molar-refractivity contribution in [1.29, 1.82) is 0 Å². The van der Waals surface area contributed by atoms with Crippen LogP contribution in [0, 0.1) is 0 Å². The number of aromatic nitrogens is 1. The van der Waals surface area contributed by atoms with Gasteiger partial charge in [-0.15, -0.1) is 0 Å². The maximum absolute atomic E-state index is 12.5. The van der Waals surface area contributed by atoms with E-state index in [1.54, 1.807) is 6.21 Å². The van der Waals surface area contributed by atoms with Crippen LogP contribution in [0.25, 0.3) is 21.7 Å². The lowest BCUT2D eigenvalue weighted by Gasteiger charge is -2.02. The third-order valence-corrected chi connectivity index (χ3v) is 4.33. The number of hydrogen-bond acceptors (Lipinski definition) is 2. The summed E-state index contributed by atoms with van der Waals surface area (Å²) in [6.45, 7) is 0. The third-order valence-electron chi connectivity index (χ3n) is 4.33. The molecule has 0 atom stereocenters. The number of para-hydroxylation sites is 1. The van der Waals surface area contributed by atoms with Crippen molar-refractivity contribution in [3.63, 3.8) is 0 Å². The molecular weight excluding hydrogens is 310 g/mol. The summed E-state index contributed by atoms with van der Waals surface area (Å²) in [6.07, 6.45) is 3.51. The van der Waals surface area contributed by atoms with Crippen LogP contribution in [0.15, 0.2) is 78.0 Å². The summed E-state index contributed by atoms with van der Waals surface area (Å²) in [5.74, 6) is -0.215. The minimum Gasteiger partial charge on any atom is -0.350 e. The van der Waals surface area contributed by atoms with E-state index in [2.05, 4.69) is 22.7 Å². The molecule has 1 heterocycles. The summed E-state index contributed by atoms with van der Waals surface area (Å²) < 4.78 is 1.94. The van der Waals surface area contributed by atoms with Gasteiger partial charge in [-0.25, -0.2) is 5.43 Å². The summed E-state index contributed by atoms with van der Waals surface area (Å²) in [7, 11) is 1.93. The van der Waals surface area contributed by atoms with Crippen LogP contribution in [0.4, 0.5) is 0 Å². The number of fused-ring (bicyclic) bond motifs is 2. The summed E-state index contributed by atoms with van der Waals surface area (Å²) >= 11 is 0. The van der Waals surface area contributed by atoms with Gasteiger partial charge in [0.2, 0.25) is 0 Å². The number of benzene rings is 3. The van der Waals surface area contributed by atoms with Crippen molar-refractivity contribution in [1.82, 2.24) is 9.99 Å². The van der Waals surface area contributed by atoms with Crippen molar-refractivity contribution < 1.29 is 4.79 Å². The maximum Gasteiger partial charge on any atom is 0.273 e. The normalized spacial score (nSPS) is 11.4. The molecule has 0 unspecified atom stereocenters. The molecule has 1 N–H and O–H groups in total. The molecule has 4 nitrogen and oxygen atoms in total. The molecule has 0 spiro atoms. The molecule has 0 saturated heterocycles. The Labute approximate surface area is 145 Å². The second kappa shape index (κ2) is 6.24. The molecule has 1 aromatic heterocycles. The molecule has 4 aromatic rings. The number of nitrogens with zero attached hydrogens (tertiary/aromatic N) is 2. The highest BCUT2D eigenvalue weighted by molar-refractivity contribution is 6.07. The van der Waals surface area contributed by atoms with Crippen molar-refractivity contribution in [2.24, 2.45) is 12.1 Å². The fourth-order valence-electron chi connectivity index (χ4n) is 3.11. The Hall–Kier alpha value is -3.40. The van der Waals surface area contributed by atoms with E-state index in [0.717, 1.165) is 27.2 Å². The molecule has 0 aliphatic heterocycles. The van der Waals surface area contributed by atoms with E-state index in [1.165, 1.54) is 0 Å². The van der Waals surface area contributed by atoms with Gasteiger partial charge in [-0.2, -0.15) is 5.10 Å². The average Bonchev–Trinajstić information content (AvgIpc) is 2.99. The quantitative estimate of drug-likeness (QED) is 0.447. The van der Waals surface area contributed by atoms with E-state index in [9.17, 15) is 4.79 Å². The van der Waals surface area contributed by atoms with Crippen LogP contribution in [0.1, 0.15) is 15.9 Å². The van der Waals surface area contributed by atoms with Gasteiger partial charge in [-0.3, -0.25) is 4.79 Å². The molecule has 0 bridgehead atoms. The Morgan fingerprint density at radius 3 is 2.56 bits per heavy atom. The zero-order valence-electron chi connectivity index (χ0n) is 13.8. The zero-order chi connectivity index (χ0) is 17.2. The molecule has 1 amide bonds. The molecule has 122 valence electrons. The standard InChI is InChI=1S/C21H17N3O/c1-24-14-19(18-11-4-5-12-20(18)24)21(25)23-22-13-16-9-6-8-15-7-2-3-10-17(15)16/h2-14H,1H3,(H,23,25)/b22-13-. The summed E-state index contributed by atoms with van der Waals surface area (Å²) in [6, 6.07) is 21.9. The second-order valence-corrected chi connectivity index (χ2v) is 5.94. The van der Waals surface area contributed by atoms with Crippen molar-refractivity contribution in [2.45, 2.75) is 0 Å². The predicted molar refractivity (Wildman–Crippen MR) is 102 cm³/mol. The Morgan fingerprint density at radius 1 is 0.960 bits per heavy atom. The number of rotatable bonds is 3. The first kappa shape index (κ1) is 15.1. The van der Waals surface area contributed by atoms with Gasteiger partial charge < -0.3 is 4.57 Å². The first-order valence-electron chi connectivity index (χ1n) is 8.09. The van der Waals surface area contributed by atoms with Crippen molar-refractivity contribution in [2.75, 3.05) is 0 Å². The number of carbonyl (C=O) groups excluding carboxylic acids is 1. The number of aryl methyl sites for hydroxylation is 1. The van der Waals surface area contributed by atoms with E-state index >= 15 is 0 Å². The molecule has 4 rings (SSSR count). The highest BCUT2D eigenvalue weighted by atomic mass is 16.2. The van der Waals surface area contributed by atoms with Gasteiger partial charge in [0.05, 0.1) is 11.8 Å². The minimum atomic E-state index is -0.215. The largest absolute Gasteiger partial charge is 0.350 e. The molecular formula is C21H17N3O. The molecule has 25 heavy (non-hydrogen) atoms. The van der Waals surface area contributed by atoms with Gasteiger partial charge in [-0.1, -0.05) is 60.7 Å². The molecule has 0 saturated carbocycles. The van der Waals surface area contributed by atoms with Crippen molar-refractivity contribution >= 4 is 33.8 Å². The van der Waals surface area contributed by atoms with E-state index in [0.29, 0.717) is 5.56 Å². The Morgan fingerprint density at radius 2 is 1.68 bits per heavy atom. The van der Waals surface area contributed by atoms with Crippen LogP contribution in [0.2, 0.25) is 0 Å². The fraction of sp³-hybridized carbons (Fsp3) is 0.0476. The monoisotopic (exact) mass is 327 g/mol. The predicted octanol–water partition coefficient (Wildman–Crippen LogP) is 4.10. The lowest BCUT2D eigenvalue weighted by atomic mass is 10.1. The number of amides is 1. The Balaban J connectivity index is 1.60. The van der Waals surface area contributed by atoms with E-state index in [1.807, 2.05) is 72.4 Å². The SMILES string of the molecule is Cn1cc(C(=O)N/N=C\c2cccc3ccccc23)c2ccccc21. The molecule has 0 aliphatic carbocycles. The van der Waals surface area contributed by atoms with E-state index in [4.69, 9.17) is 0 Å². The van der Waals surface area contributed by atoms with Gasteiger partial charge in [0.15, 0.2) is 0 Å². The Kier molecular flexibility index (Phi) is 3.78. The van der Waals surface area contributed by atoms with E-state index in [-0.39, 0.29) is 5.91 Å². The topological polar surface area (TPSA) is 46.4 Å². The summed E-state index contributed by atoms with van der Waals surface area (Å²) in [5, 5.41) is 7.32. The van der Waals surface area contributed by atoms with Crippen LogP contribution in [-0.4, -0.2) is 16.7 Å². The fourth-order valence-corrected chi connectivity index (χ4v) is 3.11. The number of hydrazone groups is 1. The molecule has 0 radical (unpaired) electrons. The van der Waals surface area contributed by atoms with Crippen LogP contribution < -0.4 is 5.43 Å². The van der Waals surface area contributed by atoms with Crippen LogP contribution >= 0.6 is 0 Å². The van der Waals surface area contributed by atoms with Gasteiger partial charge in [0, 0.05) is 29.7 Å². The number of hydrogen-bond donors (Lipinski definition) is 1. The van der Waals surface area contributed by atoms with Gasteiger partial charge in [0.25, 0.3) is 5.91 Å². The number of carbonyl (C=O) groups is 1. The van der Waals surface area contributed by atoms with Gasteiger partial charge in [-0.05, 0) is 16.8 Å². The van der Waals surface area contributed by atoms with Gasteiger partial charge >= 0.3 is 0 Å². The van der Waals surface area contributed by atoms with Crippen molar-refractivity contribution in [3.8, 4) is 0 Å². The van der Waals surface area contributed by atoms with Crippen LogP contribution in [0.5, 0.6) is 0 Å². The first-order valence-corrected chi connectivity index (χ1v) is 8.09. The van der Waals surface area contributed by atoms with Gasteiger partial charge in [0.1, 0.15) is 0 Å². The molecule has 0 aliphatic rings. The van der Waals surface area contributed by atoms with Crippen LogP contribution in [-0.2, 0) is 7.05 Å². The van der Waals surface area contributed by atoms with Crippen molar-refractivity contribution in [3.05, 3.63) is 84.1 Å². The first-order chi connectivity index (χ1) is 12.2. The average molecular weight is 327 g/mol. The second-order valence-electron chi connectivity index (χ2n) is 5.94. The van der Waals surface area contributed by atoms with E-state index < -0.39 is 0 Å². The summed E-state index contributed by atoms with van der Waals surface area (Å²) in [4.78, 5) is 12.5. The summed E-state index contributed by atoms with van der Waals surface area (Å²) in [5.41, 5.74) is 5.24. The molecule has 3 aromatic carbocycles. The smallest absolute Gasteiger partial charge is 0.273 e. The Bertz CT molecular complexity index is 1100. The third kappa shape index (κ3) is 2.78.